The maximum Gasteiger partial charge on any atom is 0.0374 e. The lowest BCUT2D eigenvalue weighted by Crippen LogP contribution is -2.45. The fourth-order valence-electron chi connectivity index (χ4n) is 4.32. The Hall–Kier alpha value is -0.980. The van der Waals surface area contributed by atoms with Crippen molar-refractivity contribution in [3.63, 3.8) is 0 Å². The lowest BCUT2D eigenvalue weighted by atomic mass is 9.88. The van der Waals surface area contributed by atoms with Gasteiger partial charge in [-0.1, -0.05) is 44.6 Å². The fraction of sp³-hybridized carbons (Fsp3) is 0.700. The zero-order valence-corrected chi connectivity index (χ0v) is 13.9. The molecule has 0 N–H and O–H groups in total. The second kappa shape index (κ2) is 6.85. The molecule has 0 amide bonds. The Balaban J connectivity index is 1.87. The van der Waals surface area contributed by atoms with Gasteiger partial charge in [0.15, 0.2) is 0 Å². The van der Waals surface area contributed by atoms with Crippen molar-refractivity contribution in [3.05, 3.63) is 29.3 Å². The summed E-state index contributed by atoms with van der Waals surface area (Å²) in [7, 11) is 0. The van der Waals surface area contributed by atoms with E-state index in [1.54, 1.807) is 0 Å². The fourth-order valence-corrected chi connectivity index (χ4v) is 4.32. The molecule has 2 saturated carbocycles. The van der Waals surface area contributed by atoms with Gasteiger partial charge in [-0.2, -0.15) is 0 Å². The minimum Gasteiger partial charge on any atom is -0.366 e. The topological polar surface area (TPSA) is 3.24 Å². The summed E-state index contributed by atoms with van der Waals surface area (Å²) in [6, 6.07) is 8.74. The van der Waals surface area contributed by atoms with Crippen LogP contribution in [0.3, 0.4) is 0 Å². The summed E-state index contributed by atoms with van der Waals surface area (Å²) in [5, 5.41) is 0. The minimum absolute atomic E-state index is 0.795. The van der Waals surface area contributed by atoms with Crippen LogP contribution in [0.5, 0.6) is 0 Å². The van der Waals surface area contributed by atoms with Gasteiger partial charge in [-0.25, -0.2) is 0 Å². The summed E-state index contributed by atoms with van der Waals surface area (Å²) < 4.78 is 0. The number of rotatable bonds is 3. The molecular formula is C20H31N. The second-order valence-corrected chi connectivity index (χ2v) is 7.26. The SMILES string of the molecule is Cc1ccc(N(C2CCCCC2)C2CCCCC2)cc1C. The highest BCUT2D eigenvalue weighted by molar-refractivity contribution is 5.52. The summed E-state index contributed by atoms with van der Waals surface area (Å²) >= 11 is 0. The van der Waals surface area contributed by atoms with Crippen LogP contribution in [0.2, 0.25) is 0 Å². The van der Waals surface area contributed by atoms with Crippen molar-refractivity contribution in [2.75, 3.05) is 4.90 Å². The number of benzene rings is 1. The molecule has 0 saturated heterocycles. The van der Waals surface area contributed by atoms with E-state index in [1.165, 1.54) is 81.0 Å². The molecule has 21 heavy (non-hydrogen) atoms. The number of nitrogens with zero attached hydrogens (tertiary/aromatic N) is 1. The zero-order valence-electron chi connectivity index (χ0n) is 13.9. The van der Waals surface area contributed by atoms with Gasteiger partial charge in [-0.3, -0.25) is 0 Å². The Morgan fingerprint density at radius 2 is 1.24 bits per heavy atom. The number of hydrogen-bond acceptors (Lipinski definition) is 1. The standard InChI is InChI=1S/C20H31N/c1-16-13-14-20(15-17(16)2)21(18-9-5-3-6-10-18)19-11-7-4-8-12-19/h13-15,18-19H,3-12H2,1-2H3. The molecule has 0 heterocycles. The third-order valence-electron chi connectivity index (χ3n) is 5.72. The molecule has 0 spiro atoms. The molecule has 0 aliphatic heterocycles. The maximum atomic E-state index is 2.84. The van der Waals surface area contributed by atoms with Crippen molar-refractivity contribution in [2.45, 2.75) is 90.1 Å². The zero-order chi connectivity index (χ0) is 14.7. The molecule has 116 valence electrons. The van der Waals surface area contributed by atoms with Crippen LogP contribution in [0, 0.1) is 13.8 Å². The first-order chi connectivity index (χ1) is 10.3. The molecule has 1 aromatic carbocycles. The van der Waals surface area contributed by atoms with Crippen molar-refractivity contribution in [1.29, 1.82) is 0 Å². The first kappa shape index (κ1) is 14.9. The number of aryl methyl sites for hydroxylation is 2. The van der Waals surface area contributed by atoms with Gasteiger partial charge in [0.05, 0.1) is 0 Å². The third-order valence-corrected chi connectivity index (χ3v) is 5.72. The molecule has 2 fully saturated rings. The van der Waals surface area contributed by atoms with E-state index in [-0.39, 0.29) is 0 Å². The van der Waals surface area contributed by atoms with Crippen molar-refractivity contribution < 1.29 is 0 Å². The molecule has 0 aromatic heterocycles. The van der Waals surface area contributed by atoms with Crippen LogP contribution in [-0.2, 0) is 0 Å². The molecule has 2 aliphatic carbocycles. The van der Waals surface area contributed by atoms with E-state index in [1.807, 2.05) is 0 Å². The van der Waals surface area contributed by atoms with E-state index < -0.39 is 0 Å². The van der Waals surface area contributed by atoms with Gasteiger partial charge in [0.25, 0.3) is 0 Å². The van der Waals surface area contributed by atoms with E-state index >= 15 is 0 Å². The minimum atomic E-state index is 0.795. The molecule has 1 nitrogen and oxygen atoms in total. The van der Waals surface area contributed by atoms with Crippen molar-refractivity contribution in [2.24, 2.45) is 0 Å². The molecule has 0 bridgehead atoms. The van der Waals surface area contributed by atoms with Crippen LogP contribution >= 0.6 is 0 Å². The van der Waals surface area contributed by atoms with Crippen LogP contribution in [0.1, 0.15) is 75.3 Å². The predicted molar refractivity (Wildman–Crippen MR) is 92.1 cm³/mol. The number of hydrogen-bond donors (Lipinski definition) is 0. The van der Waals surface area contributed by atoms with Crippen molar-refractivity contribution in [3.8, 4) is 0 Å². The molecule has 1 aromatic rings. The van der Waals surface area contributed by atoms with Crippen LogP contribution in [0.4, 0.5) is 5.69 Å². The van der Waals surface area contributed by atoms with Gasteiger partial charge in [-0.15, -0.1) is 0 Å². The van der Waals surface area contributed by atoms with E-state index in [0.717, 1.165) is 12.1 Å². The predicted octanol–water partition coefficient (Wildman–Crippen LogP) is 5.78. The molecule has 0 radical (unpaired) electrons. The molecule has 0 atom stereocenters. The van der Waals surface area contributed by atoms with Gasteiger partial charge in [0.2, 0.25) is 0 Å². The van der Waals surface area contributed by atoms with Crippen LogP contribution in [0.25, 0.3) is 0 Å². The van der Waals surface area contributed by atoms with Gasteiger partial charge >= 0.3 is 0 Å². The first-order valence-electron chi connectivity index (χ1n) is 9.11. The maximum absolute atomic E-state index is 2.84. The van der Waals surface area contributed by atoms with Gasteiger partial charge in [0.1, 0.15) is 0 Å². The van der Waals surface area contributed by atoms with Crippen molar-refractivity contribution >= 4 is 5.69 Å². The Kier molecular flexibility index (Phi) is 4.87. The summed E-state index contributed by atoms with van der Waals surface area (Å²) in [4.78, 5) is 2.84. The highest BCUT2D eigenvalue weighted by Gasteiger charge is 2.29. The molecular weight excluding hydrogens is 254 g/mol. The van der Waals surface area contributed by atoms with E-state index in [4.69, 9.17) is 0 Å². The van der Waals surface area contributed by atoms with Crippen LogP contribution < -0.4 is 4.90 Å². The van der Waals surface area contributed by atoms with E-state index in [9.17, 15) is 0 Å². The monoisotopic (exact) mass is 285 g/mol. The highest BCUT2D eigenvalue weighted by Crippen LogP contribution is 2.34. The smallest absolute Gasteiger partial charge is 0.0374 e. The second-order valence-electron chi connectivity index (χ2n) is 7.26. The Bertz CT molecular complexity index is 435. The van der Waals surface area contributed by atoms with Crippen LogP contribution in [0.15, 0.2) is 18.2 Å². The third kappa shape index (κ3) is 3.44. The molecule has 2 aliphatic rings. The van der Waals surface area contributed by atoms with Gasteiger partial charge in [0, 0.05) is 17.8 Å². The average molecular weight is 285 g/mol. The molecule has 0 unspecified atom stereocenters. The first-order valence-corrected chi connectivity index (χ1v) is 9.11. The lowest BCUT2D eigenvalue weighted by Gasteiger charge is -2.43. The summed E-state index contributed by atoms with van der Waals surface area (Å²) in [6.07, 6.45) is 14.2. The summed E-state index contributed by atoms with van der Waals surface area (Å²) in [5.74, 6) is 0. The number of anilines is 1. The van der Waals surface area contributed by atoms with Crippen LogP contribution in [-0.4, -0.2) is 12.1 Å². The van der Waals surface area contributed by atoms with Crippen molar-refractivity contribution in [1.82, 2.24) is 0 Å². The summed E-state index contributed by atoms with van der Waals surface area (Å²) in [5.41, 5.74) is 4.37. The van der Waals surface area contributed by atoms with E-state index in [0.29, 0.717) is 0 Å². The highest BCUT2D eigenvalue weighted by atomic mass is 15.2. The molecule has 3 rings (SSSR count). The van der Waals surface area contributed by atoms with Gasteiger partial charge in [-0.05, 0) is 62.8 Å². The Labute approximate surface area is 130 Å². The quantitative estimate of drug-likeness (QED) is 0.681. The Morgan fingerprint density at radius 1 is 0.714 bits per heavy atom. The normalized spacial score (nSPS) is 21.4. The van der Waals surface area contributed by atoms with E-state index in [2.05, 4.69) is 36.9 Å². The molecule has 1 heteroatoms. The Morgan fingerprint density at radius 3 is 1.71 bits per heavy atom. The average Bonchev–Trinajstić information content (AvgIpc) is 2.53. The lowest BCUT2D eigenvalue weighted by molar-refractivity contribution is 0.340. The summed E-state index contributed by atoms with van der Waals surface area (Å²) in [6.45, 7) is 4.49. The van der Waals surface area contributed by atoms with Gasteiger partial charge < -0.3 is 4.90 Å². The largest absolute Gasteiger partial charge is 0.366 e.